The normalized spacial score (nSPS) is 19.6. The average molecular weight is 407 g/mol. The largest absolute Gasteiger partial charge is 0.489 e. The van der Waals surface area contributed by atoms with Gasteiger partial charge in [-0.2, -0.15) is 13.2 Å². The van der Waals surface area contributed by atoms with Crippen molar-refractivity contribution in [1.82, 2.24) is 14.9 Å². The Morgan fingerprint density at radius 2 is 1.83 bits per heavy atom. The van der Waals surface area contributed by atoms with Crippen LogP contribution < -0.4 is 14.5 Å². The van der Waals surface area contributed by atoms with Gasteiger partial charge in [-0.3, -0.25) is 4.90 Å². The third-order valence-electron chi connectivity index (χ3n) is 5.06. The maximum absolute atomic E-state index is 13.2. The van der Waals surface area contributed by atoms with E-state index < -0.39 is 11.7 Å². The Labute approximate surface area is 165 Å². The molecule has 0 radical (unpaired) electrons. The number of fused-ring (bicyclic) bond motifs is 1. The Bertz CT molecular complexity index is 885. The zero-order valence-electron chi connectivity index (χ0n) is 15.8. The quantitative estimate of drug-likeness (QED) is 0.727. The van der Waals surface area contributed by atoms with E-state index in [0.29, 0.717) is 37.8 Å². The summed E-state index contributed by atoms with van der Waals surface area (Å²) in [5, 5.41) is 0. The van der Waals surface area contributed by atoms with Crippen molar-refractivity contribution in [1.29, 1.82) is 0 Å². The van der Waals surface area contributed by atoms with Crippen LogP contribution in [0.15, 0.2) is 36.7 Å². The lowest BCUT2D eigenvalue weighted by atomic mass is 10.1. The molecule has 154 valence electrons. The first-order valence-electron chi connectivity index (χ1n) is 9.29. The molecule has 0 aliphatic carbocycles. The number of aromatic nitrogens is 2. The summed E-state index contributed by atoms with van der Waals surface area (Å²) in [4.78, 5) is 26.8. The first kappa shape index (κ1) is 19.3. The van der Waals surface area contributed by atoms with E-state index in [1.807, 2.05) is 11.8 Å². The van der Waals surface area contributed by atoms with Gasteiger partial charge in [0.1, 0.15) is 12.4 Å². The lowest BCUT2D eigenvalue weighted by molar-refractivity contribution is -0.137. The van der Waals surface area contributed by atoms with E-state index in [0.717, 1.165) is 12.1 Å². The number of ether oxygens (including phenoxy) is 1. The maximum atomic E-state index is 13.2. The standard InChI is InChI=1S/C19H20F3N5O2/c1-13-12-29-16-11-14(19(20,21)22)3-4-15(16)27(13)18(28)26-9-7-25(8-10-26)17-23-5-2-6-24-17/h2-6,11,13H,7-10,12H2,1H3. The van der Waals surface area contributed by atoms with E-state index in [9.17, 15) is 18.0 Å². The number of amides is 2. The van der Waals surface area contributed by atoms with Gasteiger partial charge in [0.15, 0.2) is 0 Å². The van der Waals surface area contributed by atoms with Crippen molar-refractivity contribution in [2.45, 2.75) is 19.1 Å². The van der Waals surface area contributed by atoms with Crippen LogP contribution in [0.25, 0.3) is 0 Å². The van der Waals surface area contributed by atoms with Crippen molar-refractivity contribution in [3.8, 4) is 5.75 Å². The monoisotopic (exact) mass is 407 g/mol. The van der Waals surface area contributed by atoms with E-state index in [4.69, 9.17) is 4.74 Å². The molecule has 1 aromatic heterocycles. The third-order valence-corrected chi connectivity index (χ3v) is 5.06. The predicted molar refractivity (Wildman–Crippen MR) is 100 cm³/mol. The molecule has 1 atom stereocenters. The number of carbonyl (C=O) groups excluding carboxylic acids is 1. The summed E-state index contributed by atoms with van der Waals surface area (Å²) in [7, 11) is 0. The van der Waals surface area contributed by atoms with Crippen LogP contribution in [0, 0.1) is 0 Å². The van der Waals surface area contributed by atoms with Gasteiger partial charge in [-0.1, -0.05) is 0 Å². The predicted octanol–water partition coefficient (Wildman–Crippen LogP) is 3.02. The highest BCUT2D eigenvalue weighted by Gasteiger charge is 2.37. The minimum absolute atomic E-state index is 0.0718. The van der Waals surface area contributed by atoms with Crippen LogP contribution in [-0.2, 0) is 6.18 Å². The second kappa shape index (κ2) is 7.41. The van der Waals surface area contributed by atoms with Gasteiger partial charge in [-0.15, -0.1) is 0 Å². The van der Waals surface area contributed by atoms with E-state index in [1.165, 1.54) is 11.0 Å². The fourth-order valence-corrected chi connectivity index (χ4v) is 3.52. The highest BCUT2D eigenvalue weighted by molar-refractivity contribution is 5.95. The number of anilines is 2. The number of piperazine rings is 1. The number of alkyl halides is 3. The fourth-order valence-electron chi connectivity index (χ4n) is 3.52. The molecule has 0 spiro atoms. The molecule has 0 N–H and O–H groups in total. The minimum Gasteiger partial charge on any atom is -0.489 e. The number of carbonyl (C=O) groups is 1. The van der Waals surface area contributed by atoms with E-state index >= 15 is 0 Å². The van der Waals surface area contributed by atoms with Gasteiger partial charge < -0.3 is 14.5 Å². The summed E-state index contributed by atoms with van der Waals surface area (Å²) in [6.45, 7) is 4.04. The molecule has 1 unspecified atom stereocenters. The molecule has 2 aliphatic rings. The van der Waals surface area contributed by atoms with Crippen LogP contribution in [0.4, 0.5) is 29.6 Å². The first-order valence-corrected chi connectivity index (χ1v) is 9.29. The molecule has 2 aliphatic heterocycles. The van der Waals surface area contributed by atoms with Gasteiger partial charge in [-0.25, -0.2) is 14.8 Å². The summed E-state index contributed by atoms with van der Waals surface area (Å²) in [6.07, 6.45) is -1.13. The molecule has 7 nitrogen and oxygen atoms in total. The lowest BCUT2D eigenvalue weighted by Gasteiger charge is -2.41. The third kappa shape index (κ3) is 3.79. The highest BCUT2D eigenvalue weighted by atomic mass is 19.4. The van der Waals surface area contributed by atoms with E-state index in [1.54, 1.807) is 23.4 Å². The lowest BCUT2D eigenvalue weighted by Crippen LogP contribution is -2.56. The number of nitrogens with zero attached hydrogens (tertiary/aromatic N) is 5. The molecule has 1 aromatic carbocycles. The Morgan fingerprint density at radius 1 is 1.14 bits per heavy atom. The molecular weight excluding hydrogens is 387 g/mol. The van der Waals surface area contributed by atoms with Gasteiger partial charge in [0.25, 0.3) is 0 Å². The summed E-state index contributed by atoms with van der Waals surface area (Å²) in [5.41, 5.74) is -0.440. The van der Waals surface area contributed by atoms with Gasteiger partial charge >= 0.3 is 12.2 Å². The second-order valence-corrected chi connectivity index (χ2v) is 7.02. The molecule has 0 saturated carbocycles. The molecule has 29 heavy (non-hydrogen) atoms. The topological polar surface area (TPSA) is 61.8 Å². The second-order valence-electron chi connectivity index (χ2n) is 7.02. The number of hydrogen-bond acceptors (Lipinski definition) is 5. The number of benzene rings is 1. The van der Waals surface area contributed by atoms with E-state index in [-0.39, 0.29) is 24.4 Å². The first-order chi connectivity index (χ1) is 13.8. The van der Waals surface area contributed by atoms with E-state index in [2.05, 4.69) is 9.97 Å². The minimum atomic E-state index is -4.47. The molecule has 2 aromatic rings. The van der Waals surface area contributed by atoms with Crippen molar-refractivity contribution >= 4 is 17.7 Å². The zero-order chi connectivity index (χ0) is 20.6. The van der Waals surface area contributed by atoms with Crippen LogP contribution in [0.2, 0.25) is 0 Å². The Kier molecular flexibility index (Phi) is 4.93. The summed E-state index contributed by atoms with van der Waals surface area (Å²) >= 11 is 0. The van der Waals surface area contributed by atoms with Crippen molar-refractivity contribution in [3.05, 3.63) is 42.2 Å². The SMILES string of the molecule is CC1COc2cc(C(F)(F)F)ccc2N1C(=O)N1CCN(c2ncccn2)CC1. The Balaban J connectivity index is 1.51. The Morgan fingerprint density at radius 3 is 2.48 bits per heavy atom. The van der Waals surface area contributed by atoms with Crippen LogP contribution in [0.1, 0.15) is 12.5 Å². The average Bonchev–Trinajstić information content (AvgIpc) is 2.73. The molecule has 0 bridgehead atoms. The zero-order valence-corrected chi connectivity index (χ0v) is 15.8. The fraction of sp³-hybridized carbons (Fsp3) is 0.421. The van der Waals surface area contributed by atoms with Crippen molar-refractivity contribution in [2.24, 2.45) is 0 Å². The number of hydrogen-bond donors (Lipinski definition) is 0. The van der Waals surface area contributed by atoms with Crippen molar-refractivity contribution in [3.63, 3.8) is 0 Å². The molecule has 4 rings (SSSR count). The molecule has 1 saturated heterocycles. The van der Waals surface area contributed by atoms with Crippen molar-refractivity contribution < 1.29 is 22.7 Å². The van der Waals surface area contributed by atoms with Crippen LogP contribution in [0.3, 0.4) is 0 Å². The van der Waals surface area contributed by atoms with Gasteiger partial charge in [-0.05, 0) is 31.2 Å². The smallest absolute Gasteiger partial charge is 0.416 e. The van der Waals surface area contributed by atoms with Crippen LogP contribution >= 0.6 is 0 Å². The summed E-state index contributed by atoms with van der Waals surface area (Å²) < 4.78 is 44.5. The van der Waals surface area contributed by atoms with Crippen LogP contribution in [-0.4, -0.2) is 59.7 Å². The number of urea groups is 1. The maximum Gasteiger partial charge on any atom is 0.416 e. The van der Waals surface area contributed by atoms with Crippen LogP contribution in [0.5, 0.6) is 5.75 Å². The molecule has 10 heteroatoms. The highest BCUT2D eigenvalue weighted by Crippen LogP contribution is 2.39. The van der Waals surface area contributed by atoms with Gasteiger partial charge in [0.2, 0.25) is 5.95 Å². The number of halogens is 3. The molecule has 2 amide bonds. The molecule has 1 fully saturated rings. The van der Waals surface area contributed by atoms with Gasteiger partial charge in [0, 0.05) is 38.6 Å². The van der Waals surface area contributed by atoms with Crippen molar-refractivity contribution in [2.75, 3.05) is 42.6 Å². The summed E-state index contributed by atoms with van der Waals surface area (Å²) in [5.74, 6) is 0.687. The number of rotatable bonds is 1. The molecule has 3 heterocycles. The molecular formula is C19H20F3N5O2. The Hall–Kier alpha value is -3.04. The van der Waals surface area contributed by atoms with Gasteiger partial charge in [0.05, 0.1) is 17.3 Å². The summed E-state index contributed by atoms with van der Waals surface area (Å²) in [6, 6.07) is 4.44.